The molecule has 0 spiro atoms. The molecule has 3 aromatic rings. The highest BCUT2D eigenvalue weighted by Crippen LogP contribution is 2.33. The van der Waals surface area contributed by atoms with Crippen LogP contribution in [0.25, 0.3) is 0 Å². The van der Waals surface area contributed by atoms with E-state index in [4.69, 9.17) is 18.9 Å². The Kier molecular flexibility index (Phi) is 8.77. The Balaban J connectivity index is 1.46. The van der Waals surface area contributed by atoms with E-state index in [1.165, 1.54) is 5.56 Å². The van der Waals surface area contributed by atoms with E-state index >= 15 is 0 Å². The van der Waals surface area contributed by atoms with Gasteiger partial charge in [0.25, 0.3) is 0 Å². The van der Waals surface area contributed by atoms with Crippen LogP contribution in [0.5, 0.6) is 23.0 Å². The molecule has 0 bridgehead atoms. The number of amides is 1. The summed E-state index contributed by atoms with van der Waals surface area (Å²) >= 11 is 0. The average molecular weight is 505 g/mol. The standard InChI is InChI=1S/C30H36N2O5/c1-34-26-12-11-25(20-29(26)37-4)32(21-22-9-6-5-7-10-22)15-8-14-31-16-13-23-17-27(35-2)28(36-3)18-24(23)19-30(31)33/h5-7,9-12,17-18,20H,8,13-16,19,21H2,1-4H3. The molecule has 1 aliphatic heterocycles. The van der Waals surface area contributed by atoms with Gasteiger partial charge in [-0.05, 0) is 53.8 Å². The molecule has 0 aliphatic carbocycles. The predicted molar refractivity (Wildman–Crippen MR) is 145 cm³/mol. The van der Waals surface area contributed by atoms with Crippen LogP contribution in [0.2, 0.25) is 0 Å². The molecule has 0 aromatic heterocycles. The molecule has 0 saturated carbocycles. The molecule has 0 radical (unpaired) electrons. The summed E-state index contributed by atoms with van der Waals surface area (Å²) in [5.41, 5.74) is 4.43. The van der Waals surface area contributed by atoms with Crippen LogP contribution in [0.3, 0.4) is 0 Å². The number of hydrogen-bond acceptors (Lipinski definition) is 6. The van der Waals surface area contributed by atoms with Crippen LogP contribution in [0.4, 0.5) is 5.69 Å². The Morgan fingerprint density at radius 2 is 1.43 bits per heavy atom. The normalized spacial score (nSPS) is 13.0. The third kappa shape index (κ3) is 6.28. The summed E-state index contributed by atoms with van der Waals surface area (Å²) in [6.07, 6.45) is 2.01. The smallest absolute Gasteiger partial charge is 0.227 e. The number of rotatable bonds is 11. The number of benzene rings is 3. The van der Waals surface area contributed by atoms with Crippen molar-refractivity contribution in [1.29, 1.82) is 0 Å². The number of fused-ring (bicyclic) bond motifs is 1. The zero-order chi connectivity index (χ0) is 26.2. The lowest BCUT2D eigenvalue weighted by Gasteiger charge is -2.28. The molecule has 3 aromatic carbocycles. The molecule has 37 heavy (non-hydrogen) atoms. The molecule has 0 saturated heterocycles. The first-order chi connectivity index (χ1) is 18.1. The monoisotopic (exact) mass is 504 g/mol. The van der Waals surface area contributed by atoms with Crippen molar-refractivity contribution in [2.75, 3.05) is 53.0 Å². The second-order valence-electron chi connectivity index (χ2n) is 9.08. The van der Waals surface area contributed by atoms with Gasteiger partial charge in [-0.2, -0.15) is 0 Å². The van der Waals surface area contributed by atoms with E-state index < -0.39 is 0 Å². The highest BCUT2D eigenvalue weighted by molar-refractivity contribution is 5.80. The fourth-order valence-electron chi connectivity index (χ4n) is 4.83. The molecule has 0 atom stereocenters. The van der Waals surface area contributed by atoms with Crippen molar-refractivity contribution in [3.8, 4) is 23.0 Å². The van der Waals surface area contributed by atoms with Crippen LogP contribution in [0.15, 0.2) is 60.7 Å². The molecule has 7 nitrogen and oxygen atoms in total. The molecular weight excluding hydrogens is 468 g/mol. The van der Waals surface area contributed by atoms with Gasteiger partial charge in [0.15, 0.2) is 23.0 Å². The van der Waals surface area contributed by atoms with Gasteiger partial charge in [0, 0.05) is 37.9 Å². The molecule has 1 aliphatic rings. The Morgan fingerprint density at radius 3 is 2.11 bits per heavy atom. The van der Waals surface area contributed by atoms with Crippen LogP contribution < -0.4 is 23.8 Å². The summed E-state index contributed by atoms with van der Waals surface area (Å²) in [6, 6.07) is 20.3. The second-order valence-corrected chi connectivity index (χ2v) is 9.08. The number of methoxy groups -OCH3 is 4. The van der Waals surface area contributed by atoms with Crippen LogP contribution in [0, 0.1) is 0 Å². The highest BCUT2D eigenvalue weighted by Gasteiger charge is 2.23. The molecule has 0 N–H and O–H groups in total. The van der Waals surface area contributed by atoms with Crippen molar-refractivity contribution in [1.82, 2.24) is 4.90 Å². The predicted octanol–water partition coefficient (Wildman–Crippen LogP) is 4.75. The van der Waals surface area contributed by atoms with E-state index in [0.717, 1.165) is 42.7 Å². The lowest BCUT2D eigenvalue weighted by atomic mass is 10.0. The summed E-state index contributed by atoms with van der Waals surface area (Å²) in [6.45, 7) is 2.94. The molecule has 0 fully saturated rings. The van der Waals surface area contributed by atoms with Crippen molar-refractivity contribution >= 4 is 11.6 Å². The summed E-state index contributed by atoms with van der Waals surface area (Å²) in [4.78, 5) is 17.4. The number of carbonyl (C=O) groups excluding carboxylic acids is 1. The van der Waals surface area contributed by atoms with Crippen molar-refractivity contribution < 1.29 is 23.7 Å². The second kappa shape index (κ2) is 12.4. The fraction of sp³-hybridized carbons (Fsp3) is 0.367. The fourth-order valence-corrected chi connectivity index (χ4v) is 4.83. The van der Waals surface area contributed by atoms with Gasteiger partial charge in [0.05, 0.1) is 34.9 Å². The van der Waals surface area contributed by atoms with Crippen molar-refractivity contribution in [3.63, 3.8) is 0 Å². The lowest BCUT2D eigenvalue weighted by molar-refractivity contribution is -0.130. The molecule has 7 heteroatoms. The quantitative estimate of drug-likeness (QED) is 0.376. The van der Waals surface area contributed by atoms with Gasteiger partial charge in [-0.15, -0.1) is 0 Å². The Morgan fingerprint density at radius 1 is 0.784 bits per heavy atom. The van der Waals surface area contributed by atoms with Crippen LogP contribution >= 0.6 is 0 Å². The van der Waals surface area contributed by atoms with Gasteiger partial charge >= 0.3 is 0 Å². The van der Waals surface area contributed by atoms with Gasteiger partial charge in [0.2, 0.25) is 5.91 Å². The molecular formula is C30H36N2O5. The number of anilines is 1. The van der Waals surface area contributed by atoms with E-state index in [-0.39, 0.29) is 5.91 Å². The Labute approximate surface area is 219 Å². The number of hydrogen-bond donors (Lipinski definition) is 0. The largest absolute Gasteiger partial charge is 0.493 e. The van der Waals surface area contributed by atoms with E-state index in [1.54, 1.807) is 28.4 Å². The maximum atomic E-state index is 13.1. The number of nitrogens with zero attached hydrogens (tertiary/aromatic N) is 2. The Hall–Kier alpha value is -3.87. The molecule has 1 amide bonds. The summed E-state index contributed by atoms with van der Waals surface area (Å²) in [5.74, 6) is 2.91. The van der Waals surface area contributed by atoms with Crippen molar-refractivity contribution in [2.45, 2.75) is 25.8 Å². The van der Waals surface area contributed by atoms with E-state index in [1.807, 2.05) is 35.2 Å². The number of carbonyl (C=O) groups is 1. The average Bonchev–Trinajstić information content (AvgIpc) is 3.09. The van der Waals surface area contributed by atoms with Crippen LogP contribution in [-0.2, 0) is 24.2 Å². The van der Waals surface area contributed by atoms with Crippen LogP contribution in [-0.4, -0.2) is 58.9 Å². The maximum Gasteiger partial charge on any atom is 0.227 e. The van der Waals surface area contributed by atoms with E-state index in [2.05, 4.69) is 35.2 Å². The Bertz CT molecular complexity index is 1200. The highest BCUT2D eigenvalue weighted by atomic mass is 16.5. The molecule has 196 valence electrons. The topological polar surface area (TPSA) is 60.5 Å². The molecule has 1 heterocycles. The third-order valence-electron chi connectivity index (χ3n) is 6.86. The minimum atomic E-state index is 0.145. The van der Waals surface area contributed by atoms with Crippen LogP contribution in [0.1, 0.15) is 23.1 Å². The third-order valence-corrected chi connectivity index (χ3v) is 6.86. The SMILES string of the molecule is COc1ccc(N(CCCN2CCc3cc(OC)c(OC)cc3CC2=O)Cc2ccccc2)cc1OC. The molecule has 0 unspecified atom stereocenters. The van der Waals surface area contributed by atoms with Gasteiger partial charge in [-0.3, -0.25) is 4.79 Å². The van der Waals surface area contributed by atoms with Gasteiger partial charge in [-0.1, -0.05) is 30.3 Å². The van der Waals surface area contributed by atoms with E-state index in [9.17, 15) is 4.79 Å². The minimum absolute atomic E-state index is 0.145. The summed E-state index contributed by atoms with van der Waals surface area (Å²) < 4.78 is 21.9. The first kappa shape index (κ1) is 26.2. The minimum Gasteiger partial charge on any atom is -0.493 e. The van der Waals surface area contributed by atoms with Crippen molar-refractivity contribution in [3.05, 3.63) is 77.4 Å². The summed E-state index contributed by atoms with van der Waals surface area (Å²) in [5, 5.41) is 0. The zero-order valence-electron chi connectivity index (χ0n) is 22.2. The molecule has 4 rings (SSSR count). The van der Waals surface area contributed by atoms with Crippen molar-refractivity contribution in [2.24, 2.45) is 0 Å². The first-order valence-corrected chi connectivity index (χ1v) is 12.6. The van der Waals surface area contributed by atoms with Gasteiger partial charge < -0.3 is 28.7 Å². The maximum absolute atomic E-state index is 13.1. The first-order valence-electron chi connectivity index (χ1n) is 12.6. The van der Waals surface area contributed by atoms with Gasteiger partial charge in [0.1, 0.15) is 0 Å². The van der Waals surface area contributed by atoms with Gasteiger partial charge in [-0.25, -0.2) is 0 Å². The van der Waals surface area contributed by atoms with E-state index in [0.29, 0.717) is 42.5 Å². The lowest BCUT2D eigenvalue weighted by Crippen LogP contribution is -2.35. The number of ether oxygens (including phenoxy) is 4. The summed E-state index contributed by atoms with van der Waals surface area (Å²) in [7, 11) is 6.55. The zero-order valence-corrected chi connectivity index (χ0v) is 22.2.